The SMILES string of the molecule is CCC(O)C(O)OS(=O)(=O)c1ccc(C)cc1. The Labute approximate surface area is 101 Å². The molecule has 0 radical (unpaired) electrons. The molecule has 0 aromatic heterocycles. The molecule has 0 aliphatic rings. The van der Waals surface area contributed by atoms with Crippen molar-refractivity contribution < 1.29 is 22.8 Å². The number of aliphatic hydroxyl groups is 2. The van der Waals surface area contributed by atoms with Crippen LogP contribution in [0.15, 0.2) is 29.2 Å². The first kappa shape index (κ1) is 14.1. The van der Waals surface area contributed by atoms with Crippen molar-refractivity contribution in [2.75, 3.05) is 0 Å². The maximum Gasteiger partial charge on any atom is 0.299 e. The number of hydrogen-bond acceptors (Lipinski definition) is 5. The Kier molecular flexibility index (Phi) is 4.64. The molecule has 0 bridgehead atoms. The van der Waals surface area contributed by atoms with Gasteiger partial charge in [0.25, 0.3) is 10.1 Å². The van der Waals surface area contributed by atoms with Crippen molar-refractivity contribution >= 4 is 10.1 Å². The number of rotatable bonds is 5. The number of aliphatic hydroxyl groups excluding tert-OH is 2. The maximum absolute atomic E-state index is 11.7. The molecule has 0 aliphatic carbocycles. The molecule has 5 nitrogen and oxygen atoms in total. The first-order chi connectivity index (χ1) is 7.86. The molecule has 2 atom stereocenters. The third-order valence-electron chi connectivity index (χ3n) is 2.28. The van der Waals surface area contributed by atoms with Crippen molar-refractivity contribution in [1.29, 1.82) is 0 Å². The molecule has 17 heavy (non-hydrogen) atoms. The van der Waals surface area contributed by atoms with Crippen molar-refractivity contribution in [1.82, 2.24) is 0 Å². The van der Waals surface area contributed by atoms with Crippen LogP contribution in [0.4, 0.5) is 0 Å². The van der Waals surface area contributed by atoms with E-state index < -0.39 is 22.5 Å². The Balaban J connectivity index is 2.85. The summed E-state index contributed by atoms with van der Waals surface area (Å²) >= 11 is 0. The average Bonchev–Trinajstić information content (AvgIpc) is 2.27. The second-order valence-corrected chi connectivity index (χ2v) is 5.30. The van der Waals surface area contributed by atoms with Crippen LogP contribution in [0.3, 0.4) is 0 Å². The van der Waals surface area contributed by atoms with Gasteiger partial charge in [-0.1, -0.05) is 24.6 Å². The molecule has 0 heterocycles. The van der Waals surface area contributed by atoms with Gasteiger partial charge in [0.05, 0.1) is 4.90 Å². The van der Waals surface area contributed by atoms with Crippen LogP contribution in [0.5, 0.6) is 0 Å². The van der Waals surface area contributed by atoms with Crippen molar-refractivity contribution in [2.24, 2.45) is 0 Å². The molecule has 1 aromatic carbocycles. The van der Waals surface area contributed by atoms with Crippen LogP contribution in [-0.2, 0) is 14.3 Å². The van der Waals surface area contributed by atoms with Crippen LogP contribution < -0.4 is 0 Å². The van der Waals surface area contributed by atoms with Crippen LogP contribution in [0.1, 0.15) is 18.9 Å². The molecular formula is C11H16O5S. The molecule has 96 valence electrons. The fourth-order valence-corrected chi connectivity index (χ4v) is 2.12. The van der Waals surface area contributed by atoms with Crippen LogP contribution in [0, 0.1) is 6.92 Å². The lowest BCUT2D eigenvalue weighted by molar-refractivity contribution is -0.101. The Hall–Kier alpha value is -0.950. The van der Waals surface area contributed by atoms with Gasteiger partial charge in [-0.05, 0) is 25.5 Å². The van der Waals surface area contributed by atoms with Gasteiger partial charge in [-0.3, -0.25) is 0 Å². The third kappa shape index (κ3) is 3.78. The van der Waals surface area contributed by atoms with Gasteiger partial charge in [-0.15, -0.1) is 0 Å². The molecule has 0 saturated carbocycles. The molecule has 0 amide bonds. The van der Waals surface area contributed by atoms with Gasteiger partial charge in [-0.2, -0.15) is 8.42 Å². The molecule has 2 N–H and O–H groups in total. The smallest absolute Gasteiger partial charge is 0.299 e. The summed E-state index contributed by atoms with van der Waals surface area (Å²) in [6, 6.07) is 6.02. The van der Waals surface area contributed by atoms with Crippen molar-refractivity contribution in [2.45, 2.75) is 37.6 Å². The van der Waals surface area contributed by atoms with Gasteiger partial charge in [0.15, 0.2) is 6.29 Å². The molecule has 1 rings (SSSR count). The second-order valence-electron chi connectivity index (χ2n) is 3.73. The van der Waals surface area contributed by atoms with E-state index >= 15 is 0 Å². The summed E-state index contributed by atoms with van der Waals surface area (Å²) in [5.41, 5.74) is 0.915. The van der Waals surface area contributed by atoms with Gasteiger partial charge >= 0.3 is 0 Å². The van der Waals surface area contributed by atoms with Crippen LogP contribution in [-0.4, -0.2) is 31.0 Å². The van der Waals surface area contributed by atoms with E-state index in [1.807, 2.05) is 6.92 Å². The monoisotopic (exact) mass is 260 g/mol. The molecular weight excluding hydrogens is 244 g/mol. The predicted octanol–water partition coefficient (Wildman–Crippen LogP) is 0.790. The van der Waals surface area contributed by atoms with E-state index in [0.717, 1.165) is 5.56 Å². The Morgan fingerprint density at radius 3 is 2.24 bits per heavy atom. The molecule has 1 aromatic rings. The lowest BCUT2D eigenvalue weighted by atomic mass is 10.2. The second kappa shape index (κ2) is 5.59. The summed E-state index contributed by atoms with van der Waals surface area (Å²) in [7, 11) is -4.04. The average molecular weight is 260 g/mol. The molecule has 2 unspecified atom stereocenters. The van der Waals surface area contributed by atoms with Gasteiger partial charge in [0.2, 0.25) is 0 Å². The minimum Gasteiger partial charge on any atom is -0.388 e. The zero-order valence-corrected chi connectivity index (χ0v) is 10.5. The summed E-state index contributed by atoms with van der Waals surface area (Å²) in [6.07, 6.45) is -2.77. The summed E-state index contributed by atoms with van der Waals surface area (Å²) in [6.45, 7) is 3.43. The van der Waals surface area contributed by atoms with Gasteiger partial charge in [0.1, 0.15) is 6.10 Å². The minimum absolute atomic E-state index is 0.0505. The lowest BCUT2D eigenvalue weighted by Crippen LogP contribution is -2.30. The fourth-order valence-electron chi connectivity index (χ4n) is 1.16. The minimum atomic E-state index is -4.04. The number of hydrogen-bond donors (Lipinski definition) is 2. The Morgan fingerprint density at radius 2 is 1.76 bits per heavy atom. The van der Waals surface area contributed by atoms with Crippen molar-refractivity contribution in [3.8, 4) is 0 Å². The zero-order chi connectivity index (χ0) is 13.1. The van der Waals surface area contributed by atoms with E-state index in [4.69, 9.17) is 0 Å². The highest BCUT2D eigenvalue weighted by molar-refractivity contribution is 7.86. The van der Waals surface area contributed by atoms with E-state index in [2.05, 4.69) is 4.18 Å². The summed E-state index contributed by atoms with van der Waals surface area (Å²) in [4.78, 5) is -0.0505. The summed E-state index contributed by atoms with van der Waals surface area (Å²) in [5, 5.41) is 18.6. The quantitative estimate of drug-likeness (QED) is 0.604. The lowest BCUT2D eigenvalue weighted by Gasteiger charge is -2.16. The van der Waals surface area contributed by atoms with Crippen LogP contribution in [0.25, 0.3) is 0 Å². The molecule has 0 spiro atoms. The molecule has 0 aliphatic heterocycles. The molecule has 0 fully saturated rings. The Bertz CT molecular complexity index is 451. The van der Waals surface area contributed by atoms with Gasteiger partial charge in [-0.25, -0.2) is 4.18 Å². The highest BCUT2D eigenvalue weighted by Crippen LogP contribution is 2.16. The van der Waals surface area contributed by atoms with Gasteiger partial charge in [0, 0.05) is 0 Å². The maximum atomic E-state index is 11.7. The predicted molar refractivity (Wildman–Crippen MR) is 61.8 cm³/mol. The summed E-state index contributed by atoms with van der Waals surface area (Å²) in [5.74, 6) is 0. The highest BCUT2D eigenvalue weighted by Gasteiger charge is 2.24. The summed E-state index contributed by atoms with van der Waals surface area (Å²) < 4.78 is 27.9. The molecule has 0 saturated heterocycles. The highest BCUT2D eigenvalue weighted by atomic mass is 32.2. The van der Waals surface area contributed by atoms with Gasteiger partial charge < -0.3 is 10.2 Å². The Morgan fingerprint density at radius 1 is 1.24 bits per heavy atom. The van der Waals surface area contributed by atoms with E-state index in [1.165, 1.54) is 12.1 Å². The van der Waals surface area contributed by atoms with E-state index in [0.29, 0.717) is 0 Å². The van der Waals surface area contributed by atoms with Crippen molar-refractivity contribution in [3.63, 3.8) is 0 Å². The van der Waals surface area contributed by atoms with E-state index in [1.54, 1.807) is 19.1 Å². The van der Waals surface area contributed by atoms with E-state index in [9.17, 15) is 18.6 Å². The third-order valence-corrected chi connectivity index (χ3v) is 3.58. The fraction of sp³-hybridized carbons (Fsp3) is 0.455. The number of benzene rings is 1. The largest absolute Gasteiger partial charge is 0.388 e. The normalized spacial score (nSPS) is 15.5. The first-order valence-corrected chi connectivity index (χ1v) is 6.63. The zero-order valence-electron chi connectivity index (χ0n) is 9.70. The molecule has 6 heteroatoms. The number of aryl methyl sites for hydroxylation is 1. The first-order valence-electron chi connectivity index (χ1n) is 5.23. The van der Waals surface area contributed by atoms with E-state index in [-0.39, 0.29) is 11.3 Å². The van der Waals surface area contributed by atoms with Crippen LogP contribution >= 0.6 is 0 Å². The standard InChI is InChI=1S/C11H16O5S/c1-3-10(12)11(13)16-17(14,15)9-6-4-8(2)5-7-9/h4-7,10-13H,3H2,1-2H3. The van der Waals surface area contributed by atoms with Crippen molar-refractivity contribution in [3.05, 3.63) is 29.8 Å². The topological polar surface area (TPSA) is 83.8 Å². The van der Waals surface area contributed by atoms with Crippen LogP contribution in [0.2, 0.25) is 0 Å².